The van der Waals surface area contributed by atoms with Crippen LogP contribution in [0.1, 0.15) is 36.9 Å². The van der Waals surface area contributed by atoms with Gasteiger partial charge in [0.15, 0.2) is 0 Å². The van der Waals surface area contributed by atoms with Crippen LogP contribution in [0.15, 0.2) is 64.7 Å². The number of sulfonamides is 1. The average Bonchev–Trinajstić information content (AvgIpc) is 3.44. The van der Waals surface area contributed by atoms with Crippen molar-refractivity contribution in [2.45, 2.75) is 37.0 Å². The summed E-state index contributed by atoms with van der Waals surface area (Å²) < 4.78 is 70.2. The first-order chi connectivity index (χ1) is 17.2. The lowest BCUT2D eigenvalue weighted by molar-refractivity contribution is 0.382. The fraction of sp³-hybridized carbons (Fsp3) is 0.308. The Bertz CT molecular complexity index is 1490. The molecule has 0 amide bonds. The van der Waals surface area contributed by atoms with Gasteiger partial charge in [0.25, 0.3) is 0 Å². The molecule has 0 saturated carbocycles. The van der Waals surface area contributed by atoms with E-state index in [2.05, 4.69) is 5.10 Å². The molecule has 2 aromatic carbocycles. The van der Waals surface area contributed by atoms with E-state index in [4.69, 9.17) is 0 Å². The molecule has 3 aromatic rings. The van der Waals surface area contributed by atoms with Gasteiger partial charge < -0.3 is 0 Å². The van der Waals surface area contributed by atoms with Crippen LogP contribution in [0.3, 0.4) is 0 Å². The Morgan fingerprint density at radius 1 is 1.11 bits per heavy atom. The highest BCUT2D eigenvalue weighted by Crippen LogP contribution is 2.47. The Hall–Kier alpha value is -3.42. The zero-order chi connectivity index (χ0) is 25.6. The number of fused-ring (bicyclic) bond motifs is 1. The average molecular weight is 513 g/mol. The van der Waals surface area contributed by atoms with Gasteiger partial charge in [-0.3, -0.25) is 0 Å². The first-order valence-corrected chi connectivity index (χ1v) is 13.0. The van der Waals surface area contributed by atoms with E-state index in [1.165, 1.54) is 17.7 Å². The quantitative estimate of drug-likeness (QED) is 0.349. The molecule has 0 fully saturated rings. The van der Waals surface area contributed by atoms with Crippen LogP contribution >= 0.6 is 0 Å². The molecule has 0 N–H and O–H groups in total. The number of rotatable bonds is 6. The van der Waals surface area contributed by atoms with Crippen molar-refractivity contribution >= 4 is 10.0 Å². The largest absolute Gasteiger partial charge is 0.244 e. The summed E-state index contributed by atoms with van der Waals surface area (Å²) in [7, 11) is -4.29. The molecule has 186 valence electrons. The van der Waals surface area contributed by atoms with Crippen LogP contribution in [-0.4, -0.2) is 35.6 Å². The van der Waals surface area contributed by atoms with Crippen LogP contribution in [0.5, 0.6) is 0 Å². The van der Waals surface area contributed by atoms with E-state index >= 15 is 0 Å². The maximum absolute atomic E-state index is 13.7. The fourth-order valence-electron chi connectivity index (χ4n) is 5.48. The molecule has 2 aliphatic carbocycles. The minimum Gasteiger partial charge on any atom is -0.237 e. The Labute approximate surface area is 207 Å². The number of halogens is 3. The summed E-state index contributed by atoms with van der Waals surface area (Å²) in [5.41, 5.74) is 5.13. The van der Waals surface area contributed by atoms with Crippen LogP contribution in [0.2, 0.25) is 0 Å². The third kappa shape index (κ3) is 4.22. The topological polar surface area (TPSA) is 79.0 Å². The van der Waals surface area contributed by atoms with Crippen LogP contribution in [-0.2, 0) is 16.4 Å². The Morgan fingerprint density at radius 3 is 2.47 bits per heavy atom. The molecular formula is C26H23F3N4O2S. The summed E-state index contributed by atoms with van der Waals surface area (Å²) in [5.74, 6) is -2.48. The predicted molar refractivity (Wildman–Crippen MR) is 126 cm³/mol. The molecule has 10 heteroatoms. The van der Waals surface area contributed by atoms with Crippen LogP contribution in [0.25, 0.3) is 5.69 Å². The highest BCUT2D eigenvalue weighted by molar-refractivity contribution is 7.89. The van der Waals surface area contributed by atoms with Gasteiger partial charge in [-0.25, -0.2) is 26.3 Å². The number of allylic oxidation sites excluding steroid dienone is 1. The monoisotopic (exact) mass is 512 g/mol. The molecule has 0 saturated heterocycles. The van der Waals surface area contributed by atoms with E-state index in [1.807, 2.05) is 17.7 Å². The molecule has 1 aromatic heterocycles. The SMILES string of the molecule is C[C@@H]1C2=C(CC[C@@H]2CN(CC#N)S(=O)(=O)c2cc(F)cc(F)c2)Cc2c1cnn2-c1ccc(F)cc1. The van der Waals surface area contributed by atoms with Crippen molar-refractivity contribution in [3.05, 3.63) is 88.5 Å². The van der Waals surface area contributed by atoms with Crippen molar-refractivity contribution in [1.29, 1.82) is 5.26 Å². The van der Waals surface area contributed by atoms with Gasteiger partial charge in [0.05, 0.1) is 28.5 Å². The minimum absolute atomic E-state index is 0.0243. The molecule has 0 aliphatic heterocycles. The van der Waals surface area contributed by atoms with Gasteiger partial charge in [0.1, 0.15) is 24.0 Å². The summed E-state index contributed by atoms with van der Waals surface area (Å²) in [5, 5.41) is 13.9. The lowest BCUT2D eigenvalue weighted by Gasteiger charge is -2.30. The molecule has 0 unspecified atom stereocenters. The number of nitrogens with zero attached hydrogens (tertiary/aromatic N) is 4. The summed E-state index contributed by atoms with van der Waals surface area (Å²) in [6, 6.07) is 10.1. The van der Waals surface area contributed by atoms with Gasteiger partial charge in [-0.05, 0) is 55.2 Å². The zero-order valence-electron chi connectivity index (χ0n) is 19.5. The third-order valence-electron chi connectivity index (χ3n) is 7.07. The number of nitriles is 1. The number of aromatic nitrogens is 2. The van der Waals surface area contributed by atoms with Crippen molar-refractivity contribution in [1.82, 2.24) is 14.1 Å². The van der Waals surface area contributed by atoms with Crippen LogP contribution < -0.4 is 0 Å². The first kappa shape index (κ1) is 24.3. The van der Waals surface area contributed by atoms with Gasteiger partial charge >= 0.3 is 0 Å². The van der Waals surface area contributed by atoms with Gasteiger partial charge in [-0.1, -0.05) is 18.1 Å². The fourth-order valence-corrected chi connectivity index (χ4v) is 6.90. The summed E-state index contributed by atoms with van der Waals surface area (Å²) in [6.45, 7) is 1.66. The number of hydrogen-bond donors (Lipinski definition) is 0. The van der Waals surface area contributed by atoms with Crippen molar-refractivity contribution in [2.75, 3.05) is 13.1 Å². The molecule has 2 atom stereocenters. The van der Waals surface area contributed by atoms with E-state index in [0.29, 0.717) is 18.9 Å². The summed E-state index contributed by atoms with van der Waals surface area (Å²) in [6.07, 6.45) is 3.91. The second kappa shape index (κ2) is 9.22. The van der Waals surface area contributed by atoms with Gasteiger partial charge in [0.2, 0.25) is 10.0 Å². The Morgan fingerprint density at radius 2 is 1.81 bits per heavy atom. The van der Waals surface area contributed by atoms with Crippen molar-refractivity contribution in [2.24, 2.45) is 5.92 Å². The summed E-state index contributed by atoms with van der Waals surface area (Å²) >= 11 is 0. The lowest BCUT2D eigenvalue weighted by atomic mass is 9.80. The van der Waals surface area contributed by atoms with Crippen molar-refractivity contribution in [3.8, 4) is 11.8 Å². The third-order valence-corrected chi connectivity index (χ3v) is 8.86. The smallest absolute Gasteiger partial charge is 0.237 e. The van der Waals surface area contributed by atoms with Crippen molar-refractivity contribution < 1.29 is 21.6 Å². The molecule has 36 heavy (non-hydrogen) atoms. The van der Waals surface area contributed by atoms with E-state index in [9.17, 15) is 26.9 Å². The molecular weight excluding hydrogens is 489 g/mol. The van der Waals surface area contributed by atoms with Gasteiger partial charge in [-0.15, -0.1) is 0 Å². The lowest BCUT2D eigenvalue weighted by Crippen LogP contribution is -2.36. The Balaban J connectivity index is 1.44. The molecule has 6 nitrogen and oxygen atoms in total. The van der Waals surface area contributed by atoms with E-state index < -0.39 is 33.1 Å². The summed E-state index contributed by atoms with van der Waals surface area (Å²) in [4.78, 5) is -0.512. The van der Waals surface area contributed by atoms with Crippen LogP contribution in [0.4, 0.5) is 13.2 Å². The highest BCUT2D eigenvalue weighted by Gasteiger charge is 2.38. The molecule has 0 bridgehead atoms. The minimum atomic E-state index is -4.29. The van der Waals surface area contributed by atoms with E-state index in [-0.39, 0.29) is 24.2 Å². The van der Waals surface area contributed by atoms with Crippen LogP contribution in [0, 0.1) is 34.7 Å². The maximum atomic E-state index is 13.7. The number of hydrogen-bond acceptors (Lipinski definition) is 4. The second-order valence-electron chi connectivity index (χ2n) is 9.19. The van der Waals surface area contributed by atoms with Gasteiger partial charge in [0, 0.05) is 30.5 Å². The molecule has 0 spiro atoms. The van der Waals surface area contributed by atoms with E-state index in [0.717, 1.165) is 45.4 Å². The zero-order valence-corrected chi connectivity index (χ0v) is 20.3. The first-order valence-electron chi connectivity index (χ1n) is 11.6. The standard InChI is InChI=1S/C26H23F3N4O2S/c1-16-24-14-31-33(22-6-4-19(27)5-7-22)25(24)10-17-2-3-18(26(16)17)15-32(9-8-30)36(34,35)23-12-20(28)11-21(29)13-23/h4-7,11-14,16,18H,2-3,9-10,15H2,1H3/t16-,18+/m0/s1. The molecule has 0 radical (unpaired) electrons. The predicted octanol–water partition coefficient (Wildman–Crippen LogP) is 4.87. The normalized spacial score (nSPS) is 19.3. The molecule has 5 rings (SSSR count). The molecule has 2 aliphatic rings. The number of benzene rings is 2. The highest BCUT2D eigenvalue weighted by atomic mass is 32.2. The van der Waals surface area contributed by atoms with Crippen molar-refractivity contribution in [3.63, 3.8) is 0 Å². The van der Waals surface area contributed by atoms with E-state index in [1.54, 1.807) is 18.3 Å². The second-order valence-corrected chi connectivity index (χ2v) is 11.1. The van der Waals surface area contributed by atoms with Gasteiger partial charge in [-0.2, -0.15) is 14.7 Å². The maximum Gasteiger partial charge on any atom is 0.244 e. The Kier molecular flexibility index (Phi) is 6.22. The molecule has 1 heterocycles.